The Hall–Kier alpha value is -3.99. The summed E-state index contributed by atoms with van der Waals surface area (Å²) in [5.41, 5.74) is 4.08. The minimum atomic E-state index is -1.27. The number of para-hydroxylation sites is 1. The van der Waals surface area contributed by atoms with Crippen LogP contribution in [0.4, 0.5) is 4.79 Å². The molecular formula is C34H40N2O7S. The molecular weight excluding hydrogens is 580 g/mol. The maximum absolute atomic E-state index is 12.6. The lowest BCUT2D eigenvalue weighted by Crippen LogP contribution is -2.38. The van der Waals surface area contributed by atoms with Gasteiger partial charge in [-0.15, -0.1) is 4.72 Å². The molecule has 1 atom stereocenters. The van der Waals surface area contributed by atoms with Crippen LogP contribution in [0.25, 0.3) is 22.1 Å². The van der Waals surface area contributed by atoms with Gasteiger partial charge in [0.05, 0.1) is 13.0 Å². The van der Waals surface area contributed by atoms with Gasteiger partial charge in [0, 0.05) is 34.4 Å². The van der Waals surface area contributed by atoms with Crippen molar-refractivity contribution in [3.63, 3.8) is 0 Å². The number of carbonyl (C=O) groups excluding carboxylic acids is 1. The maximum atomic E-state index is 12.6. The van der Waals surface area contributed by atoms with Crippen LogP contribution in [0.3, 0.4) is 0 Å². The van der Waals surface area contributed by atoms with Crippen LogP contribution < -0.4 is 14.8 Å². The molecule has 1 amide bonds. The molecule has 1 aromatic heterocycles. The van der Waals surface area contributed by atoms with E-state index in [0.29, 0.717) is 22.7 Å². The maximum Gasteiger partial charge on any atom is 0.407 e. The number of hydrogen-bond donors (Lipinski definition) is 3. The number of aliphatic carboxylic acids is 1. The molecule has 234 valence electrons. The highest BCUT2D eigenvalue weighted by atomic mass is 32.2. The van der Waals surface area contributed by atoms with Gasteiger partial charge in [0.25, 0.3) is 0 Å². The standard InChI is InChI=1S/C34H40N2O7S/c1-33(2,3)43-32(39)35-19-22-10-9-12-24(14-22)28-16-23(21-41-29-13-8-7-11-25(29)18-30(37)38)15-26-17-27(42-31(26)28)20-36-44(40)34(4,5)6/h7-17,36H,18-21H2,1-6H3,(H,35,39)(H,37,38)/t44-/m1/s1. The Kier molecular flexibility index (Phi) is 10.3. The summed E-state index contributed by atoms with van der Waals surface area (Å²) in [7, 11) is 0. The highest BCUT2D eigenvalue weighted by molar-refractivity contribution is 7.90. The Balaban J connectivity index is 1.65. The number of furan rings is 1. The molecule has 0 bridgehead atoms. The third kappa shape index (κ3) is 9.25. The van der Waals surface area contributed by atoms with Gasteiger partial charge in [-0.05, 0) is 88.6 Å². The number of fused-ring (bicyclic) bond motifs is 1. The van der Waals surface area contributed by atoms with Crippen LogP contribution in [0.15, 0.2) is 71.1 Å². The summed E-state index contributed by atoms with van der Waals surface area (Å²) in [6.45, 7) is 11.9. The third-order valence-corrected chi connectivity index (χ3v) is 7.96. The fourth-order valence-corrected chi connectivity index (χ4v) is 5.16. The van der Waals surface area contributed by atoms with Crippen molar-refractivity contribution in [2.24, 2.45) is 0 Å². The number of benzene rings is 3. The number of amides is 1. The Labute approximate surface area is 261 Å². The molecule has 3 N–H and O–H groups in total. The number of hydrogen-bond acceptors (Lipinski definition) is 7. The average Bonchev–Trinajstić information content (AvgIpc) is 3.35. The Bertz CT molecular complexity index is 1620. The molecule has 0 spiro atoms. The summed E-state index contributed by atoms with van der Waals surface area (Å²) < 4.78 is 33.0. The van der Waals surface area contributed by atoms with Crippen LogP contribution in [0.2, 0.25) is 0 Å². The molecule has 0 aliphatic rings. The van der Waals surface area contributed by atoms with E-state index in [0.717, 1.165) is 27.6 Å². The topological polar surface area (TPSA) is 133 Å². The number of ether oxygens (including phenoxy) is 2. The number of rotatable bonds is 11. The summed E-state index contributed by atoms with van der Waals surface area (Å²) in [6.07, 6.45) is -0.637. The predicted molar refractivity (Wildman–Crippen MR) is 172 cm³/mol. The van der Waals surface area contributed by atoms with Crippen LogP contribution in [-0.4, -0.2) is 32.1 Å². The normalized spacial score (nSPS) is 12.6. The summed E-state index contributed by atoms with van der Waals surface area (Å²) in [5.74, 6) is 0.206. The molecule has 9 nitrogen and oxygen atoms in total. The lowest BCUT2D eigenvalue weighted by molar-refractivity contribution is -0.136. The highest BCUT2D eigenvalue weighted by Gasteiger charge is 2.26. The Morgan fingerprint density at radius 1 is 0.932 bits per heavy atom. The number of nitrogens with one attached hydrogen (secondary N) is 2. The van der Waals surface area contributed by atoms with Crippen molar-refractivity contribution in [2.75, 3.05) is 0 Å². The van der Waals surface area contributed by atoms with Gasteiger partial charge in [-0.1, -0.05) is 36.4 Å². The van der Waals surface area contributed by atoms with E-state index in [1.807, 2.05) is 90.1 Å². The lowest BCUT2D eigenvalue weighted by Gasteiger charge is -2.23. The first-order valence-electron chi connectivity index (χ1n) is 14.4. The second-order valence-electron chi connectivity index (χ2n) is 12.5. The van der Waals surface area contributed by atoms with Crippen molar-refractivity contribution < 1.29 is 33.1 Å². The van der Waals surface area contributed by atoms with Crippen molar-refractivity contribution in [3.8, 4) is 16.9 Å². The quantitative estimate of drug-likeness (QED) is 0.155. The Morgan fingerprint density at radius 3 is 2.39 bits per heavy atom. The average molecular weight is 621 g/mol. The molecule has 4 aromatic rings. The van der Waals surface area contributed by atoms with E-state index in [1.165, 1.54) is 0 Å². The first-order valence-corrected chi connectivity index (χ1v) is 15.5. The molecule has 3 aromatic carbocycles. The highest BCUT2D eigenvalue weighted by Crippen LogP contribution is 2.34. The molecule has 44 heavy (non-hydrogen) atoms. The fraction of sp³-hybridized carbons (Fsp3) is 0.353. The van der Waals surface area contributed by atoms with E-state index in [9.17, 15) is 19.2 Å². The van der Waals surface area contributed by atoms with Crippen LogP contribution in [0.1, 0.15) is 64.0 Å². The van der Waals surface area contributed by atoms with Crippen LogP contribution in [0.5, 0.6) is 5.75 Å². The summed E-state index contributed by atoms with van der Waals surface area (Å²) in [4.78, 5) is 23.6. The van der Waals surface area contributed by atoms with Crippen molar-refractivity contribution in [3.05, 3.63) is 89.2 Å². The van der Waals surface area contributed by atoms with Gasteiger partial charge in [0.15, 0.2) is 0 Å². The van der Waals surface area contributed by atoms with Crippen molar-refractivity contribution in [2.45, 2.75) is 78.0 Å². The minimum Gasteiger partial charge on any atom is -0.598 e. The van der Waals surface area contributed by atoms with E-state index in [-0.39, 0.29) is 26.1 Å². The second-order valence-corrected chi connectivity index (χ2v) is 14.6. The third-order valence-electron chi connectivity index (χ3n) is 6.44. The van der Waals surface area contributed by atoms with E-state index >= 15 is 0 Å². The first-order chi connectivity index (χ1) is 20.7. The zero-order valence-electron chi connectivity index (χ0n) is 26.0. The first kappa shape index (κ1) is 32.9. The number of carboxylic acid groups (broad SMARTS) is 1. The smallest absolute Gasteiger partial charge is 0.407 e. The molecule has 0 aliphatic carbocycles. The predicted octanol–water partition coefficient (Wildman–Crippen LogP) is 6.88. The van der Waals surface area contributed by atoms with Gasteiger partial charge in [-0.25, -0.2) is 4.79 Å². The summed E-state index contributed by atoms with van der Waals surface area (Å²) >= 11 is -1.27. The van der Waals surface area contributed by atoms with Crippen molar-refractivity contribution in [1.29, 1.82) is 0 Å². The van der Waals surface area contributed by atoms with E-state index in [4.69, 9.17) is 13.9 Å². The van der Waals surface area contributed by atoms with Crippen molar-refractivity contribution >= 4 is 34.4 Å². The van der Waals surface area contributed by atoms with Gasteiger partial charge in [-0.3, -0.25) is 4.79 Å². The largest absolute Gasteiger partial charge is 0.598 e. The van der Waals surface area contributed by atoms with Gasteiger partial charge in [0.2, 0.25) is 0 Å². The SMILES string of the molecule is CC(C)(C)OC(=O)NCc1cccc(-c2cc(COc3ccccc3CC(=O)O)cc3cc(CN[S@+]([O-])C(C)(C)C)oc23)c1. The molecule has 0 saturated heterocycles. The van der Waals surface area contributed by atoms with Gasteiger partial charge in [0.1, 0.15) is 34.0 Å². The van der Waals surface area contributed by atoms with Crippen molar-refractivity contribution in [1.82, 2.24) is 10.0 Å². The molecule has 0 saturated carbocycles. The molecule has 1 heterocycles. The minimum absolute atomic E-state index is 0.140. The van der Waals surface area contributed by atoms with Crippen LogP contribution in [0, 0.1) is 0 Å². The van der Waals surface area contributed by atoms with Crippen LogP contribution >= 0.6 is 0 Å². The van der Waals surface area contributed by atoms with E-state index in [1.54, 1.807) is 18.2 Å². The van der Waals surface area contributed by atoms with E-state index in [2.05, 4.69) is 10.0 Å². The summed E-state index contributed by atoms with van der Waals surface area (Å²) in [6, 6.07) is 20.7. The number of carboxylic acids is 1. The molecule has 0 fully saturated rings. The fourth-order valence-electron chi connectivity index (χ4n) is 4.46. The second kappa shape index (κ2) is 13.8. The molecule has 0 radical (unpaired) electrons. The number of alkyl carbamates (subject to hydrolysis) is 1. The zero-order valence-corrected chi connectivity index (χ0v) is 26.8. The molecule has 4 rings (SSSR count). The monoisotopic (exact) mass is 620 g/mol. The van der Waals surface area contributed by atoms with Gasteiger partial charge < -0.3 is 28.9 Å². The Morgan fingerprint density at radius 2 is 1.68 bits per heavy atom. The molecule has 0 aliphatic heterocycles. The number of carbonyl (C=O) groups is 2. The lowest BCUT2D eigenvalue weighted by atomic mass is 9.99. The molecule has 0 unspecified atom stereocenters. The van der Waals surface area contributed by atoms with Crippen LogP contribution in [-0.2, 0) is 47.0 Å². The molecule has 10 heteroatoms. The zero-order chi connectivity index (χ0) is 32.1. The van der Waals surface area contributed by atoms with E-state index < -0.39 is 33.8 Å². The van der Waals surface area contributed by atoms with Gasteiger partial charge >= 0.3 is 12.1 Å². The summed E-state index contributed by atoms with van der Waals surface area (Å²) in [5, 5.41) is 12.9. The van der Waals surface area contributed by atoms with Gasteiger partial charge in [-0.2, -0.15) is 0 Å².